The van der Waals surface area contributed by atoms with Gasteiger partial charge in [0.15, 0.2) is 5.78 Å². The fourth-order valence-corrected chi connectivity index (χ4v) is 4.14. The third kappa shape index (κ3) is 4.01. The Bertz CT molecular complexity index is 674. The smallest absolute Gasteiger partial charge is 0.231 e. The summed E-state index contributed by atoms with van der Waals surface area (Å²) in [6.07, 6.45) is 6.40. The average molecular weight is 339 g/mol. The summed E-state index contributed by atoms with van der Waals surface area (Å²) in [7, 11) is 0. The van der Waals surface area contributed by atoms with Gasteiger partial charge in [-0.1, -0.05) is 50.3 Å². The number of rotatable bonds is 6. The quantitative estimate of drug-likeness (QED) is 0.616. The number of anilines is 1. The molecule has 25 heavy (non-hydrogen) atoms. The van der Waals surface area contributed by atoms with Crippen LogP contribution in [0.2, 0.25) is 0 Å². The second kappa shape index (κ2) is 8.15. The zero-order valence-corrected chi connectivity index (χ0v) is 14.5. The third-order valence-corrected chi connectivity index (χ3v) is 5.47. The van der Waals surface area contributed by atoms with Crippen LogP contribution in [0.25, 0.3) is 0 Å². The summed E-state index contributed by atoms with van der Waals surface area (Å²) in [5, 5.41) is 14.6. The molecule has 1 saturated carbocycles. The van der Waals surface area contributed by atoms with Crippen molar-refractivity contribution in [2.45, 2.75) is 44.4 Å². The predicted octanol–water partition coefficient (Wildman–Crippen LogP) is 2.99. The maximum atomic E-state index is 13.2. The highest BCUT2D eigenvalue weighted by atomic mass is 16.2. The lowest BCUT2D eigenvalue weighted by atomic mass is 9.78. The Hall–Kier alpha value is -2.35. The van der Waals surface area contributed by atoms with Gasteiger partial charge < -0.3 is 10.6 Å². The standard InChI is InChI=1S/C20H25N3O2/c21-10-11-22-20(25)16(12-14-6-2-1-3-7-14)19(24)17-13-23-18-9-5-4-8-15(17)18/h4-5,8-9,14,16-17,23H,1-3,6-7,11-13H2,(H,22,25). The fraction of sp³-hybridized carbons (Fsp3) is 0.550. The highest BCUT2D eigenvalue weighted by molar-refractivity contribution is 6.05. The molecule has 2 atom stereocenters. The number of hydrogen-bond acceptors (Lipinski definition) is 4. The summed E-state index contributed by atoms with van der Waals surface area (Å²) in [4.78, 5) is 25.8. The van der Waals surface area contributed by atoms with Gasteiger partial charge in [-0.3, -0.25) is 9.59 Å². The summed E-state index contributed by atoms with van der Waals surface area (Å²) in [5.41, 5.74) is 1.96. The van der Waals surface area contributed by atoms with E-state index in [0.29, 0.717) is 18.9 Å². The first-order valence-corrected chi connectivity index (χ1v) is 9.22. The molecule has 5 nitrogen and oxygen atoms in total. The highest BCUT2D eigenvalue weighted by Gasteiger charge is 2.37. The van der Waals surface area contributed by atoms with Crippen LogP contribution in [-0.2, 0) is 9.59 Å². The Morgan fingerprint density at radius 3 is 2.76 bits per heavy atom. The number of nitriles is 1. The van der Waals surface area contributed by atoms with E-state index in [1.54, 1.807) is 0 Å². The second-order valence-corrected chi connectivity index (χ2v) is 7.09. The van der Waals surface area contributed by atoms with Crippen LogP contribution in [0.5, 0.6) is 0 Å². The van der Waals surface area contributed by atoms with Crippen LogP contribution in [0.15, 0.2) is 24.3 Å². The van der Waals surface area contributed by atoms with Crippen molar-refractivity contribution in [3.05, 3.63) is 29.8 Å². The lowest BCUT2D eigenvalue weighted by Gasteiger charge is -2.26. The molecular formula is C20H25N3O2. The van der Waals surface area contributed by atoms with Crippen molar-refractivity contribution in [3.63, 3.8) is 0 Å². The van der Waals surface area contributed by atoms with Gasteiger partial charge in [0.05, 0.1) is 17.9 Å². The highest BCUT2D eigenvalue weighted by Crippen LogP contribution is 2.36. The van der Waals surface area contributed by atoms with Crippen LogP contribution < -0.4 is 10.6 Å². The topological polar surface area (TPSA) is 82.0 Å². The Morgan fingerprint density at radius 2 is 2.00 bits per heavy atom. The summed E-state index contributed by atoms with van der Waals surface area (Å²) < 4.78 is 0. The van der Waals surface area contributed by atoms with Crippen LogP contribution in [-0.4, -0.2) is 24.8 Å². The number of hydrogen-bond donors (Lipinski definition) is 2. The van der Waals surface area contributed by atoms with E-state index in [0.717, 1.165) is 24.1 Å². The number of carbonyl (C=O) groups is 2. The molecule has 2 N–H and O–H groups in total. The molecule has 0 aromatic heterocycles. The molecular weight excluding hydrogens is 314 g/mol. The normalized spacial score (nSPS) is 20.8. The van der Waals surface area contributed by atoms with Gasteiger partial charge in [-0.25, -0.2) is 0 Å². The number of para-hydroxylation sites is 1. The second-order valence-electron chi connectivity index (χ2n) is 7.09. The van der Waals surface area contributed by atoms with Gasteiger partial charge in [0.25, 0.3) is 0 Å². The minimum absolute atomic E-state index is 0.0153. The lowest BCUT2D eigenvalue weighted by Crippen LogP contribution is -2.39. The molecule has 0 saturated heterocycles. The van der Waals surface area contributed by atoms with Gasteiger partial charge >= 0.3 is 0 Å². The molecule has 3 rings (SSSR count). The number of nitrogens with zero attached hydrogens (tertiary/aromatic N) is 1. The Labute approximate surface area is 148 Å². The van der Waals surface area contributed by atoms with Crippen LogP contribution in [0, 0.1) is 23.2 Å². The fourth-order valence-electron chi connectivity index (χ4n) is 4.14. The Balaban J connectivity index is 1.77. The SMILES string of the molecule is N#CCNC(=O)C(CC1CCCCC1)C(=O)C1CNc2ccccc21. The van der Waals surface area contributed by atoms with E-state index in [2.05, 4.69) is 10.6 Å². The van der Waals surface area contributed by atoms with E-state index in [9.17, 15) is 9.59 Å². The van der Waals surface area contributed by atoms with Crippen molar-refractivity contribution >= 4 is 17.4 Å². The first-order chi connectivity index (χ1) is 12.2. The van der Waals surface area contributed by atoms with Gasteiger partial charge in [0.1, 0.15) is 6.54 Å². The maximum Gasteiger partial charge on any atom is 0.231 e. The Kier molecular flexibility index (Phi) is 5.70. The molecule has 2 aliphatic rings. The molecule has 1 aliphatic carbocycles. The molecule has 5 heteroatoms. The molecule has 0 bridgehead atoms. The lowest BCUT2D eigenvalue weighted by molar-refractivity contribution is -0.135. The van der Waals surface area contributed by atoms with E-state index >= 15 is 0 Å². The number of carbonyl (C=O) groups excluding carboxylic acids is 2. The van der Waals surface area contributed by atoms with Gasteiger partial charge in [-0.15, -0.1) is 0 Å². The molecule has 132 valence electrons. The Morgan fingerprint density at radius 1 is 1.24 bits per heavy atom. The first kappa shape index (κ1) is 17.5. The summed E-state index contributed by atoms with van der Waals surface area (Å²) in [6.45, 7) is 0.498. The van der Waals surface area contributed by atoms with Crippen LogP contribution in [0.1, 0.15) is 50.0 Å². The molecule has 2 unspecified atom stereocenters. The molecule has 0 spiro atoms. The van der Waals surface area contributed by atoms with Crippen molar-refractivity contribution in [2.75, 3.05) is 18.4 Å². The largest absolute Gasteiger partial charge is 0.384 e. The first-order valence-electron chi connectivity index (χ1n) is 9.22. The number of nitrogens with one attached hydrogen (secondary N) is 2. The molecule has 1 aromatic carbocycles. The van der Waals surface area contributed by atoms with Crippen molar-refractivity contribution in [1.29, 1.82) is 5.26 Å². The molecule has 0 radical (unpaired) electrons. The maximum absolute atomic E-state index is 13.2. The van der Waals surface area contributed by atoms with Crippen molar-refractivity contribution in [1.82, 2.24) is 5.32 Å². The van der Waals surface area contributed by atoms with Gasteiger partial charge in [-0.05, 0) is 24.0 Å². The van der Waals surface area contributed by atoms with Gasteiger partial charge in [0, 0.05) is 12.2 Å². The summed E-state index contributed by atoms with van der Waals surface area (Å²) in [6, 6.07) is 9.72. The van der Waals surface area contributed by atoms with E-state index in [1.807, 2.05) is 30.3 Å². The van der Waals surface area contributed by atoms with Crippen LogP contribution >= 0.6 is 0 Å². The van der Waals surface area contributed by atoms with E-state index in [1.165, 1.54) is 19.3 Å². The zero-order chi connectivity index (χ0) is 17.6. The summed E-state index contributed by atoms with van der Waals surface area (Å²) in [5.74, 6) is -0.813. The number of fused-ring (bicyclic) bond motifs is 1. The van der Waals surface area contributed by atoms with E-state index < -0.39 is 5.92 Å². The monoisotopic (exact) mass is 339 g/mol. The molecule has 1 aromatic rings. The number of amides is 1. The van der Waals surface area contributed by atoms with E-state index in [-0.39, 0.29) is 24.2 Å². The zero-order valence-electron chi connectivity index (χ0n) is 14.5. The number of Topliss-reactive ketones (excluding diaryl/α,β-unsaturated/α-hetero) is 1. The van der Waals surface area contributed by atoms with Gasteiger partial charge in [0.2, 0.25) is 5.91 Å². The van der Waals surface area contributed by atoms with Crippen LogP contribution in [0.4, 0.5) is 5.69 Å². The minimum Gasteiger partial charge on any atom is -0.384 e. The van der Waals surface area contributed by atoms with Gasteiger partial charge in [-0.2, -0.15) is 5.26 Å². The van der Waals surface area contributed by atoms with Crippen molar-refractivity contribution in [3.8, 4) is 6.07 Å². The molecule has 1 amide bonds. The average Bonchev–Trinajstić information content (AvgIpc) is 3.08. The minimum atomic E-state index is -0.658. The molecule has 1 aliphatic heterocycles. The molecule has 1 heterocycles. The summed E-state index contributed by atoms with van der Waals surface area (Å²) >= 11 is 0. The number of benzene rings is 1. The van der Waals surface area contributed by atoms with Crippen molar-refractivity contribution < 1.29 is 9.59 Å². The molecule has 1 fully saturated rings. The van der Waals surface area contributed by atoms with Crippen molar-refractivity contribution in [2.24, 2.45) is 11.8 Å². The number of ketones is 1. The van der Waals surface area contributed by atoms with Crippen LogP contribution in [0.3, 0.4) is 0 Å². The van der Waals surface area contributed by atoms with E-state index in [4.69, 9.17) is 5.26 Å². The third-order valence-electron chi connectivity index (χ3n) is 5.47. The predicted molar refractivity (Wildman–Crippen MR) is 96.0 cm³/mol.